The van der Waals surface area contributed by atoms with Crippen LogP contribution in [0.1, 0.15) is 36.8 Å². The number of thioether (sulfide) groups is 1. The predicted molar refractivity (Wildman–Crippen MR) is 67.1 cm³/mol. The van der Waals surface area contributed by atoms with Crippen LogP contribution in [0.2, 0.25) is 0 Å². The Kier molecular flexibility index (Phi) is 3.68. The van der Waals surface area contributed by atoms with Crippen LogP contribution in [0.15, 0.2) is 5.03 Å². The van der Waals surface area contributed by atoms with Crippen LogP contribution in [0.4, 0.5) is 0 Å². The maximum atomic E-state index is 12.1. The minimum atomic E-state index is -0.133. The first-order valence-electron chi connectivity index (χ1n) is 5.13. The molecule has 90 valence electrons. The van der Waals surface area contributed by atoms with E-state index in [-0.39, 0.29) is 11.3 Å². The zero-order valence-corrected chi connectivity index (χ0v) is 11.5. The third-order valence-corrected chi connectivity index (χ3v) is 2.97. The molecule has 0 aromatic carbocycles. The molecule has 0 aliphatic rings. The normalized spacial score (nSPS) is 11.6. The molecule has 0 atom stereocenters. The van der Waals surface area contributed by atoms with E-state index in [2.05, 4.69) is 31.0 Å². The number of hydrogen-bond acceptors (Lipinski definition) is 3. The molecule has 1 aromatic heterocycles. The summed E-state index contributed by atoms with van der Waals surface area (Å²) in [5.41, 5.74) is 1.39. The molecule has 5 heteroatoms. The molecule has 1 heterocycles. The van der Waals surface area contributed by atoms with Crippen molar-refractivity contribution in [3.63, 3.8) is 0 Å². The molecule has 0 unspecified atom stereocenters. The summed E-state index contributed by atoms with van der Waals surface area (Å²) in [7, 11) is 3.51. The summed E-state index contributed by atoms with van der Waals surface area (Å²) in [6, 6.07) is 0. The molecule has 1 rings (SSSR count). The number of carbonyl (C=O) groups is 1. The molecular weight excluding hydrogens is 222 g/mol. The van der Waals surface area contributed by atoms with Gasteiger partial charge in [-0.25, -0.2) is 0 Å². The van der Waals surface area contributed by atoms with Crippen LogP contribution in [0, 0.1) is 0 Å². The second-order valence-electron chi connectivity index (χ2n) is 4.93. The van der Waals surface area contributed by atoms with Gasteiger partial charge in [0.15, 0.2) is 0 Å². The summed E-state index contributed by atoms with van der Waals surface area (Å²) in [5.74, 6) is 0.00280. The Morgan fingerprint density at radius 3 is 2.31 bits per heavy atom. The average Bonchev–Trinajstić information content (AvgIpc) is 2.58. The van der Waals surface area contributed by atoms with Gasteiger partial charge in [-0.05, 0) is 6.26 Å². The number of aromatic amines is 1. The van der Waals surface area contributed by atoms with Crippen LogP contribution < -0.4 is 0 Å². The van der Waals surface area contributed by atoms with Crippen molar-refractivity contribution in [3.05, 3.63) is 11.3 Å². The van der Waals surface area contributed by atoms with Gasteiger partial charge in [-0.3, -0.25) is 9.89 Å². The molecule has 0 spiro atoms. The zero-order valence-electron chi connectivity index (χ0n) is 10.7. The largest absolute Gasteiger partial charge is 0.345 e. The Labute approximate surface area is 101 Å². The lowest BCUT2D eigenvalue weighted by atomic mass is 9.89. The highest BCUT2D eigenvalue weighted by molar-refractivity contribution is 7.98. The van der Waals surface area contributed by atoms with Gasteiger partial charge in [0, 0.05) is 19.5 Å². The Morgan fingerprint density at radius 1 is 1.38 bits per heavy atom. The van der Waals surface area contributed by atoms with Crippen molar-refractivity contribution in [2.75, 3.05) is 20.4 Å². The lowest BCUT2D eigenvalue weighted by Crippen LogP contribution is -2.26. The van der Waals surface area contributed by atoms with Gasteiger partial charge < -0.3 is 4.90 Å². The van der Waals surface area contributed by atoms with Crippen LogP contribution in [0.3, 0.4) is 0 Å². The standard InChI is InChI=1S/C11H19N3OS/c1-11(2,3)8-7(10(15)14(4)5)9(16-6)13-12-8/h1-6H3,(H,12,13). The molecular formula is C11H19N3OS. The van der Waals surface area contributed by atoms with Crippen LogP contribution in [-0.2, 0) is 5.41 Å². The topological polar surface area (TPSA) is 49.0 Å². The maximum absolute atomic E-state index is 12.1. The highest BCUT2D eigenvalue weighted by atomic mass is 32.2. The van der Waals surface area contributed by atoms with E-state index in [0.717, 1.165) is 10.7 Å². The van der Waals surface area contributed by atoms with Crippen molar-refractivity contribution in [2.24, 2.45) is 0 Å². The smallest absolute Gasteiger partial charge is 0.258 e. The van der Waals surface area contributed by atoms with Gasteiger partial charge in [0.25, 0.3) is 5.91 Å². The third-order valence-electron chi connectivity index (χ3n) is 2.27. The van der Waals surface area contributed by atoms with Crippen LogP contribution >= 0.6 is 11.8 Å². The summed E-state index contributed by atoms with van der Waals surface area (Å²) < 4.78 is 0. The van der Waals surface area contributed by atoms with Crippen LogP contribution in [0.25, 0.3) is 0 Å². The van der Waals surface area contributed by atoms with Crippen LogP contribution in [-0.4, -0.2) is 41.4 Å². The minimum Gasteiger partial charge on any atom is -0.345 e. The number of H-pyrrole nitrogens is 1. The van der Waals surface area contributed by atoms with Gasteiger partial charge in [-0.15, -0.1) is 11.8 Å². The number of nitrogens with zero attached hydrogens (tertiary/aromatic N) is 2. The van der Waals surface area contributed by atoms with E-state index in [1.807, 2.05) is 6.26 Å². The lowest BCUT2D eigenvalue weighted by Gasteiger charge is -2.19. The molecule has 0 saturated heterocycles. The molecule has 0 fully saturated rings. The molecule has 1 aromatic rings. The van der Waals surface area contributed by atoms with E-state index >= 15 is 0 Å². The number of amides is 1. The lowest BCUT2D eigenvalue weighted by molar-refractivity contribution is 0.0822. The fourth-order valence-corrected chi connectivity index (χ4v) is 1.96. The summed E-state index contributed by atoms with van der Waals surface area (Å²) in [4.78, 5) is 13.7. The van der Waals surface area contributed by atoms with E-state index in [1.54, 1.807) is 19.0 Å². The molecule has 0 aliphatic heterocycles. The quantitative estimate of drug-likeness (QED) is 0.807. The molecule has 1 N–H and O–H groups in total. The van der Waals surface area contributed by atoms with Crippen molar-refractivity contribution in [3.8, 4) is 0 Å². The number of rotatable bonds is 2. The number of hydrogen-bond donors (Lipinski definition) is 1. The number of aromatic nitrogens is 2. The predicted octanol–water partition coefficient (Wildman–Crippen LogP) is 2.13. The molecule has 0 saturated carbocycles. The van der Waals surface area contributed by atoms with Crippen LogP contribution in [0.5, 0.6) is 0 Å². The second-order valence-corrected chi connectivity index (χ2v) is 5.75. The first-order chi connectivity index (χ1) is 7.29. The first-order valence-corrected chi connectivity index (χ1v) is 6.36. The van der Waals surface area contributed by atoms with Crippen molar-refractivity contribution in [1.82, 2.24) is 15.1 Å². The number of carbonyl (C=O) groups excluding carboxylic acids is 1. The Bertz CT molecular complexity index is 390. The molecule has 4 nitrogen and oxygen atoms in total. The second kappa shape index (κ2) is 4.49. The third kappa shape index (κ3) is 2.40. The Hall–Kier alpha value is -0.970. The maximum Gasteiger partial charge on any atom is 0.258 e. The Balaban J connectivity index is 3.33. The van der Waals surface area contributed by atoms with E-state index in [4.69, 9.17) is 0 Å². The average molecular weight is 241 g/mol. The molecule has 16 heavy (non-hydrogen) atoms. The number of nitrogens with one attached hydrogen (secondary N) is 1. The van der Waals surface area contributed by atoms with Crippen molar-refractivity contribution < 1.29 is 4.79 Å². The summed E-state index contributed by atoms with van der Waals surface area (Å²) in [6.45, 7) is 6.17. The fraction of sp³-hybridized carbons (Fsp3) is 0.636. The minimum absolute atomic E-state index is 0.00280. The molecule has 1 amide bonds. The first kappa shape index (κ1) is 13.1. The molecule has 0 radical (unpaired) electrons. The van der Waals surface area contributed by atoms with Gasteiger partial charge in [0.05, 0.1) is 11.3 Å². The summed E-state index contributed by atoms with van der Waals surface area (Å²) >= 11 is 1.51. The Morgan fingerprint density at radius 2 is 1.94 bits per heavy atom. The van der Waals surface area contributed by atoms with E-state index in [0.29, 0.717) is 5.56 Å². The van der Waals surface area contributed by atoms with E-state index in [1.165, 1.54) is 11.8 Å². The summed E-state index contributed by atoms with van der Waals surface area (Å²) in [5, 5.41) is 8.04. The van der Waals surface area contributed by atoms with E-state index in [9.17, 15) is 4.79 Å². The van der Waals surface area contributed by atoms with E-state index < -0.39 is 0 Å². The highest BCUT2D eigenvalue weighted by Crippen LogP contribution is 2.30. The zero-order chi connectivity index (χ0) is 12.5. The SMILES string of the molecule is CSc1[nH]nc(C(C)(C)C)c1C(=O)N(C)C. The van der Waals surface area contributed by atoms with Crippen molar-refractivity contribution in [2.45, 2.75) is 31.2 Å². The fourth-order valence-electron chi connectivity index (χ4n) is 1.44. The van der Waals surface area contributed by atoms with Gasteiger partial charge >= 0.3 is 0 Å². The van der Waals surface area contributed by atoms with Gasteiger partial charge in [0.1, 0.15) is 5.03 Å². The van der Waals surface area contributed by atoms with Gasteiger partial charge in [-0.1, -0.05) is 20.8 Å². The monoisotopic (exact) mass is 241 g/mol. The molecule has 0 aliphatic carbocycles. The molecule has 0 bridgehead atoms. The van der Waals surface area contributed by atoms with Gasteiger partial charge in [0.2, 0.25) is 0 Å². The van der Waals surface area contributed by atoms with Crippen molar-refractivity contribution >= 4 is 17.7 Å². The summed E-state index contributed by atoms with van der Waals surface area (Å²) in [6.07, 6.45) is 1.94. The van der Waals surface area contributed by atoms with Crippen molar-refractivity contribution in [1.29, 1.82) is 0 Å². The highest BCUT2D eigenvalue weighted by Gasteiger charge is 2.28. The van der Waals surface area contributed by atoms with Gasteiger partial charge in [-0.2, -0.15) is 5.10 Å².